The third kappa shape index (κ3) is 2.96. The number of carbonyl (C=O) groups excluding carboxylic acids is 1. The number of anilines is 1. The van der Waals surface area contributed by atoms with Crippen molar-refractivity contribution in [3.63, 3.8) is 0 Å². The summed E-state index contributed by atoms with van der Waals surface area (Å²) in [7, 11) is 1.61. The molecule has 2 aromatic carbocycles. The zero-order valence-corrected chi connectivity index (χ0v) is 12.3. The minimum Gasteiger partial charge on any atom is -0.496 e. The lowest BCUT2D eigenvalue weighted by Crippen LogP contribution is -2.03. The summed E-state index contributed by atoms with van der Waals surface area (Å²) < 4.78 is 5.98. The predicted octanol–water partition coefficient (Wildman–Crippen LogP) is 3.58. The van der Waals surface area contributed by atoms with E-state index >= 15 is 0 Å². The van der Waals surface area contributed by atoms with E-state index in [1.54, 1.807) is 37.4 Å². The van der Waals surface area contributed by atoms with Crippen molar-refractivity contribution in [1.29, 1.82) is 0 Å². The molecule has 0 amide bonds. The maximum Gasteiger partial charge on any atom is 0.193 e. The summed E-state index contributed by atoms with van der Waals surface area (Å²) in [5.74, 6) is 0.712. The molecule has 2 rings (SSSR count). The van der Waals surface area contributed by atoms with Gasteiger partial charge in [-0.15, -0.1) is 0 Å². The van der Waals surface area contributed by atoms with Gasteiger partial charge in [0, 0.05) is 21.3 Å². The fraction of sp³-hybridized carbons (Fsp3) is 0.133. The van der Waals surface area contributed by atoms with Gasteiger partial charge in [-0.2, -0.15) is 0 Å². The average molecular weight is 320 g/mol. The Morgan fingerprint density at radius 1 is 1.16 bits per heavy atom. The van der Waals surface area contributed by atoms with Gasteiger partial charge in [-0.25, -0.2) is 0 Å². The fourth-order valence-corrected chi connectivity index (χ4v) is 2.44. The first-order valence-electron chi connectivity index (χ1n) is 5.76. The van der Waals surface area contributed by atoms with Crippen molar-refractivity contribution < 1.29 is 9.53 Å². The molecule has 0 bridgehead atoms. The fourth-order valence-electron chi connectivity index (χ4n) is 1.93. The first-order chi connectivity index (χ1) is 9.01. The van der Waals surface area contributed by atoms with E-state index in [2.05, 4.69) is 15.9 Å². The zero-order valence-electron chi connectivity index (χ0n) is 10.7. The highest BCUT2D eigenvalue weighted by molar-refractivity contribution is 9.10. The molecule has 0 aromatic heterocycles. The number of rotatable bonds is 3. The molecular weight excluding hydrogens is 306 g/mol. The van der Waals surface area contributed by atoms with Crippen LogP contribution < -0.4 is 10.5 Å². The lowest BCUT2D eigenvalue weighted by molar-refractivity contribution is 0.103. The van der Waals surface area contributed by atoms with E-state index in [1.807, 2.05) is 13.0 Å². The average Bonchev–Trinajstić information content (AvgIpc) is 2.36. The Bertz CT molecular complexity index is 618. The Morgan fingerprint density at radius 3 is 2.47 bits per heavy atom. The molecule has 0 aliphatic heterocycles. The number of hydrogen-bond acceptors (Lipinski definition) is 3. The van der Waals surface area contributed by atoms with Crippen LogP contribution in [0, 0.1) is 6.92 Å². The second kappa shape index (κ2) is 5.45. The first kappa shape index (κ1) is 13.6. The molecule has 19 heavy (non-hydrogen) atoms. The van der Waals surface area contributed by atoms with Crippen molar-refractivity contribution >= 4 is 27.4 Å². The topological polar surface area (TPSA) is 52.3 Å². The molecule has 3 nitrogen and oxygen atoms in total. The van der Waals surface area contributed by atoms with E-state index in [-0.39, 0.29) is 5.78 Å². The van der Waals surface area contributed by atoms with Crippen molar-refractivity contribution in [1.82, 2.24) is 0 Å². The molecule has 0 atom stereocenters. The summed E-state index contributed by atoms with van der Waals surface area (Å²) >= 11 is 3.34. The van der Waals surface area contributed by atoms with Crippen LogP contribution in [0.5, 0.6) is 5.75 Å². The van der Waals surface area contributed by atoms with Gasteiger partial charge < -0.3 is 10.5 Å². The van der Waals surface area contributed by atoms with Crippen LogP contribution in [0.1, 0.15) is 21.5 Å². The third-order valence-corrected chi connectivity index (χ3v) is 3.30. The van der Waals surface area contributed by atoms with Gasteiger partial charge in [-0.05, 0) is 48.9 Å². The zero-order chi connectivity index (χ0) is 14.0. The number of nitrogens with two attached hydrogens (primary N) is 1. The van der Waals surface area contributed by atoms with Gasteiger partial charge in [0.05, 0.1) is 7.11 Å². The van der Waals surface area contributed by atoms with E-state index in [9.17, 15) is 4.79 Å². The van der Waals surface area contributed by atoms with Crippen molar-refractivity contribution in [3.05, 3.63) is 57.6 Å². The summed E-state index contributed by atoms with van der Waals surface area (Å²) in [6.07, 6.45) is 0. The highest BCUT2D eigenvalue weighted by Crippen LogP contribution is 2.23. The molecule has 0 aliphatic carbocycles. The molecule has 98 valence electrons. The minimum absolute atomic E-state index is 0.0567. The molecule has 2 N–H and O–H groups in total. The summed E-state index contributed by atoms with van der Waals surface area (Å²) in [4.78, 5) is 12.4. The van der Waals surface area contributed by atoms with Crippen LogP contribution in [0.15, 0.2) is 40.9 Å². The lowest BCUT2D eigenvalue weighted by Gasteiger charge is -2.08. The van der Waals surface area contributed by atoms with Crippen LogP contribution in [-0.2, 0) is 0 Å². The van der Waals surface area contributed by atoms with Crippen molar-refractivity contribution in [2.75, 3.05) is 12.8 Å². The first-order valence-corrected chi connectivity index (χ1v) is 6.56. The molecule has 0 radical (unpaired) electrons. The van der Waals surface area contributed by atoms with Crippen molar-refractivity contribution in [2.24, 2.45) is 0 Å². The Hall–Kier alpha value is -1.81. The molecule has 0 saturated heterocycles. The van der Waals surface area contributed by atoms with Crippen LogP contribution in [0.3, 0.4) is 0 Å². The minimum atomic E-state index is -0.0567. The third-order valence-electron chi connectivity index (χ3n) is 2.84. The van der Waals surface area contributed by atoms with E-state index in [0.29, 0.717) is 16.8 Å². The highest BCUT2D eigenvalue weighted by atomic mass is 79.9. The number of hydrogen-bond donors (Lipinski definition) is 1. The largest absolute Gasteiger partial charge is 0.496 e. The van der Waals surface area contributed by atoms with Crippen LogP contribution in [-0.4, -0.2) is 12.9 Å². The Morgan fingerprint density at radius 2 is 1.89 bits per heavy atom. The Kier molecular flexibility index (Phi) is 3.90. The van der Waals surface area contributed by atoms with Gasteiger partial charge in [0.15, 0.2) is 5.78 Å². The number of methoxy groups -OCH3 is 1. The Balaban J connectivity index is 2.41. The number of aryl methyl sites for hydroxylation is 1. The highest BCUT2D eigenvalue weighted by Gasteiger charge is 2.12. The second-order valence-electron chi connectivity index (χ2n) is 4.29. The van der Waals surface area contributed by atoms with Gasteiger partial charge >= 0.3 is 0 Å². The van der Waals surface area contributed by atoms with E-state index < -0.39 is 0 Å². The van der Waals surface area contributed by atoms with Gasteiger partial charge in [0.2, 0.25) is 0 Å². The molecule has 0 unspecified atom stereocenters. The summed E-state index contributed by atoms with van der Waals surface area (Å²) in [6.45, 7) is 1.91. The number of benzene rings is 2. The van der Waals surface area contributed by atoms with Crippen molar-refractivity contribution in [2.45, 2.75) is 6.92 Å². The SMILES string of the molecule is COc1ccc(C(=O)c2cc(N)cc(Br)c2)cc1C. The van der Waals surface area contributed by atoms with Gasteiger partial charge in [0.1, 0.15) is 5.75 Å². The molecule has 0 aliphatic rings. The number of ether oxygens (including phenoxy) is 1. The van der Waals surface area contributed by atoms with Crippen LogP contribution in [0.4, 0.5) is 5.69 Å². The van der Waals surface area contributed by atoms with Gasteiger partial charge in [-0.3, -0.25) is 4.79 Å². The molecular formula is C15H14BrNO2. The lowest BCUT2D eigenvalue weighted by atomic mass is 10.0. The molecule has 2 aromatic rings. The quantitative estimate of drug-likeness (QED) is 0.695. The molecule has 0 fully saturated rings. The molecule has 0 saturated carbocycles. The van der Waals surface area contributed by atoms with Crippen molar-refractivity contribution in [3.8, 4) is 5.75 Å². The number of ketones is 1. The van der Waals surface area contributed by atoms with Gasteiger partial charge in [-0.1, -0.05) is 15.9 Å². The van der Waals surface area contributed by atoms with Gasteiger partial charge in [0.25, 0.3) is 0 Å². The van der Waals surface area contributed by atoms with Crippen LogP contribution in [0.2, 0.25) is 0 Å². The van der Waals surface area contributed by atoms with E-state index in [4.69, 9.17) is 10.5 Å². The maximum absolute atomic E-state index is 12.4. The van der Waals surface area contributed by atoms with Crippen LogP contribution in [0.25, 0.3) is 0 Å². The summed E-state index contributed by atoms with van der Waals surface area (Å²) in [6, 6.07) is 10.6. The van der Waals surface area contributed by atoms with Crippen LogP contribution >= 0.6 is 15.9 Å². The number of halogens is 1. The monoisotopic (exact) mass is 319 g/mol. The second-order valence-corrected chi connectivity index (χ2v) is 5.20. The summed E-state index contributed by atoms with van der Waals surface area (Å²) in [5, 5.41) is 0. The predicted molar refractivity (Wildman–Crippen MR) is 79.7 cm³/mol. The molecule has 0 heterocycles. The Labute approximate surface area is 120 Å². The normalized spacial score (nSPS) is 10.3. The maximum atomic E-state index is 12.4. The number of nitrogen functional groups attached to an aromatic ring is 1. The van der Waals surface area contributed by atoms with E-state index in [1.165, 1.54) is 0 Å². The smallest absolute Gasteiger partial charge is 0.193 e. The number of carbonyl (C=O) groups is 1. The molecule has 0 spiro atoms. The standard InChI is InChI=1S/C15H14BrNO2/c1-9-5-10(3-4-14(9)19-2)15(18)11-6-12(16)8-13(17)7-11/h3-8H,17H2,1-2H3. The summed E-state index contributed by atoms with van der Waals surface area (Å²) in [5.41, 5.74) is 8.42. The van der Waals surface area contributed by atoms with E-state index in [0.717, 1.165) is 15.8 Å². The molecule has 4 heteroatoms.